The summed E-state index contributed by atoms with van der Waals surface area (Å²) in [7, 11) is 2.03. The first-order chi connectivity index (χ1) is 9.24. The van der Waals surface area contributed by atoms with Gasteiger partial charge in [-0.15, -0.1) is 0 Å². The third-order valence-electron chi connectivity index (χ3n) is 2.97. The Morgan fingerprint density at radius 3 is 2.89 bits per heavy atom. The molecule has 1 aliphatic rings. The normalized spacial score (nSPS) is 18.2. The number of carbonyl (C=O) groups is 1. The van der Waals surface area contributed by atoms with Gasteiger partial charge in [-0.2, -0.15) is 0 Å². The van der Waals surface area contributed by atoms with E-state index in [0.717, 1.165) is 25.3 Å². The number of carbonyl (C=O) groups excluding carboxylic acids is 1. The van der Waals surface area contributed by atoms with E-state index >= 15 is 0 Å². The maximum Gasteiger partial charge on any atom is 0.407 e. The molecular formula is C14H20N2O3. The zero-order valence-corrected chi connectivity index (χ0v) is 11.2. The molecule has 104 valence electrons. The largest absolute Gasteiger partial charge is 0.494 e. The van der Waals surface area contributed by atoms with Gasteiger partial charge in [-0.3, -0.25) is 0 Å². The van der Waals surface area contributed by atoms with Gasteiger partial charge in [0.15, 0.2) is 0 Å². The molecule has 1 atom stereocenters. The highest BCUT2D eigenvalue weighted by molar-refractivity contribution is 5.69. The number of amides is 1. The van der Waals surface area contributed by atoms with Crippen molar-refractivity contribution in [3.05, 3.63) is 30.3 Å². The van der Waals surface area contributed by atoms with Crippen LogP contribution in [0.1, 0.15) is 6.42 Å². The molecule has 0 bridgehead atoms. The van der Waals surface area contributed by atoms with Crippen LogP contribution >= 0.6 is 0 Å². The lowest BCUT2D eigenvalue weighted by molar-refractivity contribution is 0.175. The second kappa shape index (κ2) is 6.99. The smallest absolute Gasteiger partial charge is 0.407 e. The summed E-state index contributed by atoms with van der Waals surface area (Å²) in [6, 6.07) is 9.91. The summed E-state index contributed by atoms with van der Waals surface area (Å²) in [5.74, 6) is 0.904. The van der Waals surface area contributed by atoms with E-state index in [0.29, 0.717) is 13.2 Å². The lowest BCUT2D eigenvalue weighted by Crippen LogP contribution is -2.38. The van der Waals surface area contributed by atoms with Crippen molar-refractivity contribution in [3.8, 4) is 5.75 Å². The van der Waals surface area contributed by atoms with Crippen LogP contribution in [-0.2, 0) is 4.74 Å². The number of alkyl carbamates (subject to hydrolysis) is 1. The van der Waals surface area contributed by atoms with Gasteiger partial charge in [-0.1, -0.05) is 18.2 Å². The molecule has 2 rings (SSSR count). The van der Waals surface area contributed by atoms with Crippen LogP contribution in [0.25, 0.3) is 0 Å². The van der Waals surface area contributed by atoms with Crippen molar-refractivity contribution in [1.29, 1.82) is 0 Å². The number of ether oxygens (including phenoxy) is 2. The Balaban J connectivity index is 1.56. The van der Waals surface area contributed by atoms with Gasteiger partial charge in [0.25, 0.3) is 0 Å². The molecule has 0 radical (unpaired) electrons. The Morgan fingerprint density at radius 2 is 2.21 bits per heavy atom. The fraction of sp³-hybridized carbons (Fsp3) is 0.500. The molecule has 0 spiro atoms. The molecule has 0 aromatic heterocycles. The summed E-state index contributed by atoms with van der Waals surface area (Å²) in [5.41, 5.74) is 0. The van der Waals surface area contributed by atoms with Gasteiger partial charge in [0.05, 0.1) is 12.6 Å². The molecule has 1 amide bonds. The Labute approximate surface area is 113 Å². The monoisotopic (exact) mass is 264 g/mol. The van der Waals surface area contributed by atoms with Crippen LogP contribution in [0.3, 0.4) is 0 Å². The van der Waals surface area contributed by atoms with Crippen LogP contribution in [0.15, 0.2) is 30.3 Å². The number of hydrogen-bond acceptors (Lipinski definition) is 4. The number of likely N-dealkylation sites (N-methyl/N-ethyl adjacent to an activating group) is 1. The van der Waals surface area contributed by atoms with Gasteiger partial charge < -0.3 is 19.7 Å². The van der Waals surface area contributed by atoms with E-state index in [2.05, 4.69) is 10.2 Å². The van der Waals surface area contributed by atoms with E-state index in [1.165, 1.54) is 0 Å². The van der Waals surface area contributed by atoms with Gasteiger partial charge in [0.2, 0.25) is 0 Å². The topological polar surface area (TPSA) is 50.8 Å². The van der Waals surface area contributed by atoms with Gasteiger partial charge in [0, 0.05) is 13.1 Å². The van der Waals surface area contributed by atoms with E-state index in [1.807, 2.05) is 37.4 Å². The van der Waals surface area contributed by atoms with Crippen LogP contribution < -0.4 is 10.1 Å². The summed E-state index contributed by atoms with van der Waals surface area (Å²) in [6.45, 7) is 2.89. The van der Waals surface area contributed by atoms with Gasteiger partial charge in [-0.05, 0) is 25.6 Å². The Morgan fingerprint density at radius 1 is 1.42 bits per heavy atom. The van der Waals surface area contributed by atoms with Crippen LogP contribution in [0.2, 0.25) is 0 Å². The summed E-state index contributed by atoms with van der Waals surface area (Å²) in [6.07, 6.45) is 0.637. The molecule has 0 aliphatic carbocycles. The zero-order valence-electron chi connectivity index (χ0n) is 11.2. The minimum Gasteiger partial charge on any atom is -0.494 e. The van der Waals surface area contributed by atoms with E-state index in [4.69, 9.17) is 9.47 Å². The van der Waals surface area contributed by atoms with Gasteiger partial charge >= 0.3 is 6.09 Å². The maximum atomic E-state index is 10.9. The van der Waals surface area contributed by atoms with Gasteiger partial charge in [0.1, 0.15) is 12.4 Å². The summed E-state index contributed by atoms with van der Waals surface area (Å²) in [5, 5.41) is 2.77. The number of hydrogen-bond donors (Lipinski definition) is 1. The highest BCUT2D eigenvalue weighted by Crippen LogP contribution is 2.08. The molecular weight excluding hydrogens is 244 g/mol. The molecule has 19 heavy (non-hydrogen) atoms. The summed E-state index contributed by atoms with van der Waals surface area (Å²) >= 11 is 0. The number of nitrogens with zero attached hydrogens (tertiary/aromatic N) is 1. The number of nitrogens with one attached hydrogen (secondary N) is 1. The van der Waals surface area contributed by atoms with E-state index in [1.54, 1.807) is 0 Å². The predicted octanol–water partition coefficient (Wildman–Crippen LogP) is 1.50. The molecule has 1 aromatic carbocycles. The standard InChI is InChI=1S/C14H20N2O3/c1-16(10-12-11-19-14(17)15-12)8-5-9-18-13-6-3-2-4-7-13/h2-4,6-7,12H,5,8-11H2,1H3,(H,15,17)/t12-/m0/s1. The van der Waals surface area contributed by atoms with Crippen molar-refractivity contribution in [2.75, 3.05) is 33.4 Å². The quantitative estimate of drug-likeness (QED) is 0.758. The second-order valence-corrected chi connectivity index (χ2v) is 4.72. The fourth-order valence-corrected chi connectivity index (χ4v) is 2.03. The second-order valence-electron chi connectivity index (χ2n) is 4.72. The third kappa shape index (κ3) is 4.79. The molecule has 5 nitrogen and oxygen atoms in total. The van der Waals surface area contributed by atoms with E-state index in [-0.39, 0.29) is 12.1 Å². The average Bonchev–Trinajstić information content (AvgIpc) is 2.81. The first-order valence-corrected chi connectivity index (χ1v) is 6.54. The highest BCUT2D eigenvalue weighted by Gasteiger charge is 2.22. The Hall–Kier alpha value is -1.75. The molecule has 1 N–H and O–H groups in total. The van der Waals surface area contributed by atoms with E-state index < -0.39 is 0 Å². The SMILES string of the molecule is CN(CCCOc1ccccc1)C[C@H]1COC(=O)N1. The minimum atomic E-state index is -0.314. The molecule has 1 heterocycles. The van der Waals surface area contributed by atoms with Crippen LogP contribution in [0.5, 0.6) is 5.75 Å². The van der Waals surface area contributed by atoms with Crippen molar-refractivity contribution < 1.29 is 14.3 Å². The van der Waals surface area contributed by atoms with Crippen LogP contribution in [0.4, 0.5) is 4.79 Å². The molecule has 1 saturated heterocycles. The Kier molecular flexibility index (Phi) is 5.03. The maximum absolute atomic E-state index is 10.9. The number of para-hydroxylation sites is 1. The van der Waals surface area contributed by atoms with Crippen LogP contribution in [-0.4, -0.2) is 50.4 Å². The zero-order chi connectivity index (χ0) is 13.5. The fourth-order valence-electron chi connectivity index (χ4n) is 2.03. The number of benzene rings is 1. The van der Waals surface area contributed by atoms with Gasteiger partial charge in [-0.25, -0.2) is 4.79 Å². The highest BCUT2D eigenvalue weighted by atomic mass is 16.6. The van der Waals surface area contributed by atoms with Crippen molar-refractivity contribution in [3.63, 3.8) is 0 Å². The summed E-state index contributed by atoms with van der Waals surface area (Å²) in [4.78, 5) is 13.1. The lowest BCUT2D eigenvalue weighted by Gasteiger charge is -2.19. The van der Waals surface area contributed by atoms with Crippen LogP contribution in [0, 0.1) is 0 Å². The first-order valence-electron chi connectivity index (χ1n) is 6.54. The average molecular weight is 264 g/mol. The molecule has 0 saturated carbocycles. The third-order valence-corrected chi connectivity index (χ3v) is 2.97. The number of cyclic esters (lactones) is 1. The first kappa shape index (κ1) is 13.7. The van der Waals surface area contributed by atoms with E-state index in [9.17, 15) is 4.79 Å². The molecule has 0 unspecified atom stereocenters. The molecule has 1 aliphatic heterocycles. The van der Waals surface area contributed by atoms with Crippen molar-refractivity contribution in [1.82, 2.24) is 10.2 Å². The minimum absolute atomic E-state index is 0.104. The number of rotatable bonds is 7. The van der Waals surface area contributed by atoms with Crippen molar-refractivity contribution in [2.24, 2.45) is 0 Å². The van der Waals surface area contributed by atoms with Crippen molar-refractivity contribution in [2.45, 2.75) is 12.5 Å². The molecule has 5 heteroatoms. The molecule has 1 aromatic rings. The lowest BCUT2D eigenvalue weighted by atomic mass is 10.3. The Bertz CT molecular complexity index is 397. The molecule has 1 fully saturated rings. The predicted molar refractivity (Wildman–Crippen MR) is 72.3 cm³/mol. The van der Waals surface area contributed by atoms with Crippen molar-refractivity contribution >= 4 is 6.09 Å². The summed E-state index contributed by atoms with van der Waals surface area (Å²) < 4.78 is 10.5.